The van der Waals surface area contributed by atoms with Crippen molar-refractivity contribution in [3.63, 3.8) is 0 Å². The lowest BCUT2D eigenvalue weighted by atomic mass is 9.98. The van der Waals surface area contributed by atoms with Crippen LogP contribution in [0.4, 0.5) is 0 Å². The predicted octanol–water partition coefficient (Wildman–Crippen LogP) is 7.27. The zero-order chi connectivity index (χ0) is 24.1. The van der Waals surface area contributed by atoms with Gasteiger partial charge in [0, 0.05) is 6.42 Å². The second-order valence-electron chi connectivity index (χ2n) is 8.35. The van der Waals surface area contributed by atoms with Crippen molar-refractivity contribution in [2.45, 2.75) is 59.2 Å². The third-order valence-corrected chi connectivity index (χ3v) is 5.25. The Balaban J connectivity index is 1.74. The molecule has 0 radical (unpaired) electrons. The summed E-state index contributed by atoms with van der Waals surface area (Å²) in [6.07, 6.45) is 10.0. The normalized spacial score (nSPS) is 12.6. The van der Waals surface area contributed by atoms with Crippen molar-refractivity contribution >= 4 is 5.97 Å². The predicted molar refractivity (Wildman–Crippen MR) is 134 cm³/mol. The Kier molecular flexibility index (Phi) is 10.5. The van der Waals surface area contributed by atoms with Crippen LogP contribution in [0.3, 0.4) is 0 Å². The maximum atomic E-state index is 12.3. The van der Waals surface area contributed by atoms with Gasteiger partial charge in [0.2, 0.25) is 0 Å². The van der Waals surface area contributed by atoms with Gasteiger partial charge in [-0.2, -0.15) is 0 Å². The van der Waals surface area contributed by atoms with Gasteiger partial charge in [0.05, 0.1) is 7.11 Å². The molecule has 2 aromatic rings. The first kappa shape index (κ1) is 26.0. The molecule has 0 saturated carbocycles. The van der Waals surface area contributed by atoms with Gasteiger partial charge in [-0.05, 0) is 75.9 Å². The average molecular weight is 449 g/mol. The van der Waals surface area contributed by atoms with Gasteiger partial charge < -0.3 is 14.2 Å². The molecule has 4 nitrogen and oxygen atoms in total. The molecule has 0 aliphatic heterocycles. The number of rotatable bonds is 12. The molecule has 0 bridgehead atoms. The lowest BCUT2D eigenvalue weighted by molar-refractivity contribution is -0.157. The Bertz CT molecular complexity index is 951. The molecule has 0 aromatic heterocycles. The van der Waals surface area contributed by atoms with Crippen molar-refractivity contribution in [1.82, 2.24) is 0 Å². The van der Waals surface area contributed by atoms with E-state index in [4.69, 9.17) is 14.2 Å². The Morgan fingerprint density at radius 1 is 1.00 bits per heavy atom. The molecule has 4 heteroatoms. The van der Waals surface area contributed by atoms with Gasteiger partial charge in [-0.3, -0.25) is 4.79 Å². The van der Waals surface area contributed by atoms with Crippen molar-refractivity contribution in [2.75, 3.05) is 7.11 Å². The van der Waals surface area contributed by atoms with Crippen LogP contribution in [0.25, 0.3) is 0 Å². The highest BCUT2D eigenvalue weighted by Gasteiger charge is 2.24. The second-order valence-corrected chi connectivity index (χ2v) is 8.35. The van der Waals surface area contributed by atoms with Crippen LogP contribution in [0.1, 0.15) is 58.1 Å². The number of hydrogen-bond acceptors (Lipinski definition) is 4. The Morgan fingerprint density at radius 3 is 2.33 bits per heavy atom. The van der Waals surface area contributed by atoms with Crippen molar-refractivity contribution in [1.29, 1.82) is 0 Å². The Hall–Kier alpha value is -3.27. The molecular formula is C29H36O4. The number of benzene rings is 2. The number of carbonyl (C=O) groups is 1. The topological polar surface area (TPSA) is 44.8 Å². The molecule has 0 amide bonds. The molecule has 0 spiro atoms. The standard InChI is InChI=1S/C29H36O4/c1-6-26(32-22-24-17-20-27(31-5)21-18-24)19-16-23(2)12-10-11-15-28(30)33-29(3,4)25-13-8-7-9-14-25/h6-9,12-14,16-21H,10-11,15,22H2,1-5H3/b19-16-,23-12+,26-6+. The minimum Gasteiger partial charge on any atom is -0.497 e. The van der Waals surface area contributed by atoms with Gasteiger partial charge in [-0.15, -0.1) is 0 Å². The lowest BCUT2D eigenvalue weighted by Crippen LogP contribution is -2.25. The van der Waals surface area contributed by atoms with Crippen molar-refractivity contribution in [3.8, 4) is 5.75 Å². The van der Waals surface area contributed by atoms with Crippen LogP contribution >= 0.6 is 0 Å². The summed E-state index contributed by atoms with van der Waals surface area (Å²) in [5.41, 5.74) is 2.58. The second kappa shape index (κ2) is 13.3. The number of ether oxygens (including phenoxy) is 3. The smallest absolute Gasteiger partial charge is 0.306 e. The molecular weight excluding hydrogens is 412 g/mol. The van der Waals surface area contributed by atoms with Crippen LogP contribution in [0, 0.1) is 0 Å². The number of methoxy groups -OCH3 is 1. The summed E-state index contributed by atoms with van der Waals surface area (Å²) in [7, 11) is 1.66. The molecule has 2 rings (SSSR count). The molecule has 0 N–H and O–H groups in total. The first-order valence-electron chi connectivity index (χ1n) is 11.4. The van der Waals surface area contributed by atoms with E-state index in [9.17, 15) is 4.79 Å². The monoisotopic (exact) mass is 448 g/mol. The van der Waals surface area contributed by atoms with E-state index >= 15 is 0 Å². The summed E-state index contributed by atoms with van der Waals surface area (Å²) in [6.45, 7) is 8.34. The van der Waals surface area contributed by atoms with E-state index in [1.54, 1.807) is 7.11 Å². The highest BCUT2D eigenvalue weighted by molar-refractivity contribution is 5.70. The van der Waals surface area contributed by atoms with Gasteiger partial charge in [0.25, 0.3) is 0 Å². The van der Waals surface area contributed by atoms with Crippen molar-refractivity contribution in [2.24, 2.45) is 0 Å². The molecule has 0 fully saturated rings. The van der Waals surface area contributed by atoms with E-state index < -0.39 is 5.60 Å². The number of hydrogen-bond donors (Lipinski definition) is 0. The van der Waals surface area contributed by atoms with Crippen LogP contribution in [-0.4, -0.2) is 13.1 Å². The number of esters is 1. The lowest BCUT2D eigenvalue weighted by Gasteiger charge is -2.25. The number of unbranched alkanes of at least 4 members (excludes halogenated alkanes) is 1. The van der Waals surface area contributed by atoms with E-state index in [0.717, 1.165) is 41.1 Å². The van der Waals surface area contributed by atoms with Gasteiger partial charge in [0.15, 0.2) is 0 Å². The summed E-state index contributed by atoms with van der Waals surface area (Å²) < 4.78 is 16.8. The highest BCUT2D eigenvalue weighted by Crippen LogP contribution is 2.25. The maximum Gasteiger partial charge on any atom is 0.306 e. The highest BCUT2D eigenvalue weighted by atomic mass is 16.6. The fourth-order valence-corrected chi connectivity index (χ4v) is 3.21. The minimum absolute atomic E-state index is 0.173. The SMILES string of the molecule is C\C=C(/C=C\C(C)=C\CCCC(=O)OC(C)(C)c1ccccc1)OCc1ccc(OC)cc1. The van der Waals surface area contributed by atoms with Crippen molar-refractivity contribution < 1.29 is 19.0 Å². The Labute approximate surface area is 198 Å². The summed E-state index contributed by atoms with van der Waals surface area (Å²) >= 11 is 0. The van der Waals surface area contributed by atoms with E-state index in [-0.39, 0.29) is 5.97 Å². The first-order chi connectivity index (χ1) is 15.8. The molecule has 0 atom stereocenters. The average Bonchev–Trinajstić information content (AvgIpc) is 2.82. The van der Waals surface area contributed by atoms with E-state index in [1.807, 2.05) is 101 Å². The largest absolute Gasteiger partial charge is 0.497 e. The molecule has 0 aliphatic carbocycles. The molecule has 0 aliphatic rings. The van der Waals surface area contributed by atoms with Crippen LogP contribution < -0.4 is 4.74 Å². The molecule has 0 heterocycles. The quantitative estimate of drug-likeness (QED) is 0.148. The van der Waals surface area contributed by atoms with Crippen LogP contribution in [-0.2, 0) is 26.5 Å². The van der Waals surface area contributed by atoms with Crippen LogP contribution in [0.15, 0.2) is 90.2 Å². The molecule has 0 unspecified atom stereocenters. The van der Waals surface area contributed by atoms with E-state index in [0.29, 0.717) is 13.0 Å². The summed E-state index contributed by atoms with van der Waals surface area (Å²) in [6, 6.07) is 17.7. The van der Waals surface area contributed by atoms with Crippen LogP contribution in [0.5, 0.6) is 5.75 Å². The molecule has 176 valence electrons. The zero-order valence-electron chi connectivity index (χ0n) is 20.5. The van der Waals surface area contributed by atoms with Gasteiger partial charge >= 0.3 is 5.97 Å². The van der Waals surface area contributed by atoms with Gasteiger partial charge in [0.1, 0.15) is 23.7 Å². The Morgan fingerprint density at radius 2 is 1.70 bits per heavy atom. The molecule has 0 saturated heterocycles. The van der Waals surface area contributed by atoms with Crippen molar-refractivity contribution in [3.05, 3.63) is 101 Å². The van der Waals surface area contributed by atoms with Gasteiger partial charge in [-0.25, -0.2) is 0 Å². The third-order valence-electron chi connectivity index (χ3n) is 5.25. The van der Waals surface area contributed by atoms with Crippen LogP contribution in [0.2, 0.25) is 0 Å². The molecule has 33 heavy (non-hydrogen) atoms. The van der Waals surface area contributed by atoms with E-state index in [1.165, 1.54) is 0 Å². The summed E-state index contributed by atoms with van der Waals surface area (Å²) in [5, 5.41) is 0. The minimum atomic E-state index is -0.623. The van der Waals surface area contributed by atoms with Gasteiger partial charge in [-0.1, -0.05) is 60.2 Å². The zero-order valence-corrected chi connectivity index (χ0v) is 20.5. The fraction of sp³-hybridized carbons (Fsp3) is 0.345. The number of carbonyl (C=O) groups excluding carboxylic acids is 1. The summed E-state index contributed by atoms with van der Waals surface area (Å²) in [4.78, 5) is 12.3. The van der Waals surface area contributed by atoms with E-state index in [2.05, 4.69) is 6.08 Å². The number of allylic oxidation sites excluding steroid dienone is 5. The maximum absolute atomic E-state index is 12.3. The first-order valence-corrected chi connectivity index (χ1v) is 11.4. The fourth-order valence-electron chi connectivity index (χ4n) is 3.21. The summed E-state index contributed by atoms with van der Waals surface area (Å²) in [5.74, 6) is 1.47. The molecule has 2 aromatic carbocycles. The third kappa shape index (κ3) is 9.40.